The lowest BCUT2D eigenvalue weighted by atomic mass is 9.97. The van der Waals surface area contributed by atoms with Crippen molar-refractivity contribution in [3.8, 4) is 0 Å². The molecular weight excluding hydrogens is 224 g/mol. The molecule has 0 atom stereocenters. The zero-order valence-corrected chi connectivity index (χ0v) is 11.0. The van der Waals surface area contributed by atoms with Crippen LogP contribution in [-0.4, -0.2) is 22.2 Å². The van der Waals surface area contributed by atoms with Gasteiger partial charge in [0, 0.05) is 23.8 Å². The van der Waals surface area contributed by atoms with Crippen molar-refractivity contribution in [2.75, 3.05) is 11.9 Å². The minimum absolute atomic E-state index is 0.563. The summed E-state index contributed by atoms with van der Waals surface area (Å²) in [5.41, 5.74) is 1.37. The van der Waals surface area contributed by atoms with Crippen molar-refractivity contribution in [1.29, 1.82) is 0 Å². The van der Waals surface area contributed by atoms with Gasteiger partial charge in [0.25, 0.3) is 0 Å². The highest BCUT2D eigenvalue weighted by molar-refractivity contribution is 5.90. The fraction of sp³-hybridized carbons (Fsp3) is 0.400. The Balaban J connectivity index is 2.22. The van der Waals surface area contributed by atoms with Gasteiger partial charge in [-0.1, -0.05) is 32.0 Å². The molecule has 1 aromatic carbocycles. The van der Waals surface area contributed by atoms with E-state index in [9.17, 15) is 5.11 Å². The van der Waals surface area contributed by atoms with E-state index in [1.807, 2.05) is 44.2 Å². The summed E-state index contributed by atoms with van der Waals surface area (Å²) in [7, 11) is 0. The van der Waals surface area contributed by atoms with Crippen LogP contribution in [0.4, 0.5) is 5.69 Å². The SMILES string of the molecule is CCC(O)(CC)CNc1ccnc2ccccc12. The monoisotopic (exact) mass is 244 g/mol. The molecular formula is C15H20N2O. The summed E-state index contributed by atoms with van der Waals surface area (Å²) in [6.45, 7) is 4.58. The van der Waals surface area contributed by atoms with Crippen LogP contribution in [0.25, 0.3) is 10.9 Å². The Morgan fingerprint density at radius 2 is 1.89 bits per heavy atom. The van der Waals surface area contributed by atoms with Crippen LogP contribution in [0.15, 0.2) is 36.5 Å². The highest BCUT2D eigenvalue weighted by Crippen LogP contribution is 2.23. The van der Waals surface area contributed by atoms with Crippen LogP contribution < -0.4 is 5.32 Å². The van der Waals surface area contributed by atoms with E-state index in [-0.39, 0.29) is 0 Å². The molecule has 1 heterocycles. The van der Waals surface area contributed by atoms with Crippen LogP contribution in [0.5, 0.6) is 0 Å². The molecule has 96 valence electrons. The molecule has 2 aromatic rings. The zero-order chi connectivity index (χ0) is 13.0. The predicted molar refractivity (Wildman–Crippen MR) is 75.8 cm³/mol. The summed E-state index contributed by atoms with van der Waals surface area (Å²) in [5.74, 6) is 0. The van der Waals surface area contributed by atoms with Crippen molar-refractivity contribution >= 4 is 16.6 Å². The van der Waals surface area contributed by atoms with E-state index in [4.69, 9.17) is 0 Å². The van der Waals surface area contributed by atoms with Crippen molar-refractivity contribution in [3.63, 3.8) is 0 Å². The van der Waals surface area contributed by atoms with Gasteiger partial charge in [-0.3, -0.25) is 4.98 Å². The van der Waals surface area contributed by atoms with Crippen LogP contribution in [-0.2, 0) is 0 Å². The molecule has 0 spiro atoms. The number of fused-ring (bicyclic) bond motifs is 1. The second-order valence-electron chi connectivity index (χ2n) is 4.66. The van der Waals surface area contributed by atoms with E-state index in [2.05, 4.69) is 10.3 Å². The van der Waals surface area contributed by atoms with E-state index >= 15 is 0 Å². The molecule has 0 unspecified atom stereocenters. The lowest BCUT2D eigenvalue weighted by Gasteiger charge is -2.26. The Morgan fingerprint density at radius 1 is 1.17 bits per heavy atom. The fourth-order valence-corrected chi connectivity index (χ4v) is 2.01. The number of pyridine rings is 1. The van der Waals surface area contributed by atoms with E-state index < -0.39 is 5.60 Å². The standard InChI is InChI=1S/C15H20N2O/c1-3-15(18,4-2)11-17-14-9-10-16-13-8-6-5-7-12(13)14/h5-10,18H,3-4,11H2,1-2H3,(H,16,17). The van der Waals surface area contributed by atoms with E-state index in [0.29, 0.717) is 6.54 Å². The molecule has 3 nitrogen and oxygen atoms in total. The number of benzene rings is 1. The lowest BCUT2D eigenvalue weighted by Crippen LogP contribution is -2.35. The first-order chi connectivity index (χ1) is 8.68. The van der Waals surface area contributed by atoms with Gasteiger partial charge in [0.05, 0.1) is 11.1 Å². The molecule has 0 saturated heterocycles. The number of nitrogens with one attached hydrogen (secondary N) is 1. The average Bonchev–Trinajstić information content (AvgIpc) is 2.44. The molecule has 0 fully saturated rings. The Kier molecular flexibility index (Phi) is 3.82. The smallest absolute Gasteiger partial charge is 0.0814 e. The molecule has 2 N–H and O–H groups in total. The molecule has 0 aliphatic heterocycles. The van der Waals surface area contributed by atoms with E-state index in [1.165, 1.54) is 0 Å². The Morgan fingerprint density at radius 3 is 2.61 bits per heavy atom. The largest absolute Gasteiger partial charge is 0.388 e. The van der Waals surface area contributed by atoms with Crippen molar-refractivity contribution in [3.05, 3.63) is 36.5 Å². The quantitative estimate of drug-likeness (QED) is 0.849. The highest BCUT2D eigenvalue weighted by Gasteiger charge is 2.21. The van der Waals surface area contributed by atoms with Crippen LogP contribution in [0.2, 0.25) is 0 Å². The number of hydrogen-bond donors (Lipinski definition) is 2. The second-order valence-corrected chi connectivity index (χ2v) is 4.66. The number of para-hydroxylation sites is 1. The van der Waals surface area contributed by atoms with Gasteiger partial charge in [-0.2, -0.15) is 0 Å². The van der Waals surface area contributed by atoms with Crippen LogP contribution in [0, 0.1) is 0 Å². The number of hydrogen-bond acceptors (Lipinski definition) is 3. The predicted octanol–water partition coefficient (Wildman–Crippen LogP) is 3.20. The van der Waals surface area contributed by atoms with Crippen molar-refractivity contribution < 1.29 is 5.11 Å². The highest BCUT2D eigenvalue weighted by atomic mass is 16.3. The van der Waals surface area contributed by atoms with Gasteiger partial charge < -0.3 is 10.4 Å². The van der Waals surface area contributed by atoms with Crippen molar-refractivity contribution in [2.24, 2.45) is 0 Å². The first-order valence-corrected chi connectivity index (χ1v) is 6.48. The van der Waals surface area contributed by atoms with Gasteiger partial charge in [-0.05, 0) is 25.0 Å². The average molecular weight is 244 g/mol. The zero-order valence-electron chi connectivity index (χ0n) is 11.0. The summed E-state index contributed by atoms with van der Waals surface area (Å²) in [5, 5.41) is 14.7. The first-order valence-electron chi connectivity index (χ1n) is 6.48. The van der Waals surface area contributed by atoms with Crippen LogP contribution >= 0.6 is 0 Å². The van der Waals surface area contributed by atoms with Crippen LogP contribution in [0.3, 0.4) is 0 Å². The third kappa shape index (κ3) is 2.62. The molecule has 0 bridgehead atoms. The summed E-state index contributed by atoms with van der Waals surface area (Å²) in [6, 6.07) is 9.97. The van der Waals surface area contributed by atoms with Gasteiger partial charge in [0.15, 0.2) is 0 Å². The topological polar surface area (TPSA) is 45.1 Å². The van der Waals surface area contributed by atoms with Gasteiger partial charge >= 0.3 is 0 Å². The number of nitrogens with zero attached hydrogens (tertiary/aromatic N) is 1. The summed E-state index contributed by atoms with van der Waals surface area (Å²) in [4.78, 5) is 4.32. The summed E-state index contributed by atoms with van der Waals surface area (Å²) >= 11 is 0. The van der Waals surface area contributed by atoms with E-state index in [0.717, 1.165) is 29.4 Å². The molecule has 0 saturated carbocycles. The van der Waals surface area contributed by atoms with Crippen molar-refractivity contribution in [2.45, 2.75) is 32.3 Å². The second kappa shape index (κ2) is 5.36. The summed E-state index contributed by atoms with van der Waals surface area (Å²) < 4.78 is 0. The third-order valence-corrected chi connectivity index (χ3v) is 3.57. The van der Waals surface area contributed by atoms with Gasteiger partial charge in [0.2, 0.25) is 0 Å². The van der Waals surface area contributed by atoms with Crippen LogP contribution in [0.1, 0.15) is 26.7 Å². The molecule has 0 aliphatic carbocycles. The number of rotatable bonds is 5. The molecule has 0 amide bonds. The minimum atomic E-state index is -0.635. The molecule has 2 rings (SSSR count). The first kappa shape index (κ1) is 12.8. The normalized spacial score (nSPS) is 11.7. The maximum absolute atomic E-state index is 10.3. The minimum Gasteiger partial charge on any atom is -0.388 e. The van der Waals surface area contributed by atoms with Crippen molar-refractivity contribution in [1.82, 2.24) is 4.98 Å². The Hall–Kier alpha value is -1.61. The molecule has 1 aromatic heterocycles. The number of anilines is 1. The summed E-state index contributed by atoms with van der Waals surface area (Å²) in [6.07, 6.45) is 3.29. The lowest BCUT2D eigenvalue weighted by molar-refractivity contribution is 0.0457. The van der Waals surface area contributed by atoms with E-state index in [1.54, 1.807) is 6.20 Å². The van der Waals surface area contributed by atoms with Gasteiger partial charge in [-0.25, -0.2) is 0 Å². The molecule has 3 heteroatoms. The van der Waals surface area contributed by atoms with Gasteiger partial charge in [-0.15, -0.1) is 0 Å². The fourth-order valence-electron chi connectivity index (χ4n) is 2.01. The molecule has 0 aliphatic rings. The number of aromatic nitrogens is 1. The van der Waals surface area contributed by atoms with Gasteiger partial charge in [0.1, 0.15) is 0 Å². The maximum atomic E-state index is 10.3. The Bertz CT molecular complexity index is 515. The molecule has 18 heavy (non-hydrogen) atoms. The third-order valence-electron chi connectivity index (χ3n) is 3.57. The maximum Gasteiger partial charge on any atom is 0.0814 e. The Labute approximate surface area is 108 Å². The number of aliphatic hydroxyl groups is 1. The molecule has 0 radical (unpaired) electrons.